The monoisotopic (exact) mass is 372 g/mol. The van der Waals surface area contributed by atoms with Crippen molar-refractivity contribution in [1.29, 1.82) is 0 Å². The molecule has 0 radical (unpaired) electrons. The number of ether oxygens (including phenoxy) is 1. The van der Waals surface area contributed by atoms with Crippen LogP contribution in [0.4, 0.5) is 21.6 Å². The van der Waals surface area contributed by atoms with Crippen molar-refractivity contribution in [3.8, 4) is 5.75 Å². The molecule has 0 saturated heterocycles. The number of halogens is 2. The van der Waals surface area contributed by atoms with Gasteiger partial charge in [0.25, 0.3) is 0 Å². The zero-order valence-corrected chi connectivity index (χ0v) is 15.1. The highest BCUT2D eigenvalue weighted by atomic mass is 35.5. The first-order chi connectivity index (χ1) is 12.5. The maximum absolute atomic E-state index is 14.1. The normalized spacial score (nSPS) is 10.6. The van der Waals surface area contributed by atoms with Crippen LogP contribution in [0, 0.1) is 12.7 Å². The molecule has 2 aromatic heterocycles. The number of nitrogen functional groups attached to an aromatic ring is 1. The lowest BCUT2D eigenvalue weighted by molar-refractivity contribution is 0.411. The van der Waals surface area contributed by atoms with Gasteiger partial charge in [0.15, 0.2) is 11.6 Å². The van der Waals surface area contributed by atoms with E-state index in [-0.39, 0.29) is 0 Å². The minimum Gasteiger partial charge on any atom is -0.493 e. The van der Waals surface area contributed by atoms with Gasteiger partial charge in [-0.3, -0.25) is 4.98 Å². The number of methoxy groups -OCH3 is 1. The molecule has 134 valence electrons. The minimum absolute atomic E-state index is 0.335. The molecule has 2 heterocycles. The van der Waals surface area contributed by atoms with Gasteiger partial charge in [-0.2, -0.15) is 0 Å². The van der Waals surface area contributed by atoms with Crippen molar-refractivity contribution >= 4 is 28.8 Å². The second-order valence-corrected chi connectivity index (χ2v) is 6.22. The summed E-state index contributed by atoms with van der Waals surface area (Å²) in [5.74, 6) is 0.466. The van der Waals surface area contributed by atoms with Gasteiger partial charge in [0.1, 0.15) is 5.82 Å². The van der Waals surface area contributed by atoms with E-state index in [1.165, 1.54) is 6.07 Å². The lowest BCUT2D eigenvalue weighted by Gasteiger charge is -2.15. The van der Waals surface area contributed by atoms with Gasteiger partial charge in [0, 0.05) is 29.4 Å². The highest BCUT2D eigenvalue weighted by molar-refractivity contribution is 6.30. The summed E-state index contributed by atoms with van der Waals surface area (Å²) in [7, 11) is 1.56. The zero-order chi connectivity index (χ0) is 18.7. The maximum Gasteiger partial charge on any atom is 0.166 e. The van der Waals surface area contributed by atoms with Crippen LogP contribution in [0.3, 0.4) is 0 Å². The van der Waals surface area contributed by atoms with Crippen molar-refractivity contribution < 1.29 is 9.13 Å². The van der Waals surface area contributed by atoms with Gasteiger partial charge in [0.05, 0.1) is 24.7 Å². The molecule has 7 heteroatoms. The third-order valence-electron chi connectivity index (χ3n) is 4.12. The third-order valence-corrected chi connectivity index (χ3v) is 4.35. The highest BCUT2D eigenvalue weighted by Crippen LogP contribution is 2.30. The molecule has 0 aliphatic carbocycles. The Balaban J connectivity index is 1.92. The van der Waals surface area contributed by atoms with Crippen LogP contribution in [0.1, 0.15) is 16.7 Å². The SMILES string of the molecule is COc1c(Cc2cncc(Nc3ccc(Cl)cc3F)c2C)ccnc1N. The lowest BCUT2D eigenvalue weighted by Crippen LogP contribution is -2.03. The summed E-state index contributed by atoms with van der Waals surface area (Å²) in [6.45, 7) is 1.95. The summed E-state index contributed by atoms with van der Waals surface area (Å²) in [4.78, 5) is 8.30. The summed E-state index contributed by atoms with van der Waals surface area (Å²) in [6, 6.07) is 6.34. The third kappa shape index (κ3) is 3.70. The Bertz CT molecular complexity index is 949. The van der Waals surface area contributed by atoms with Crippen molar-refractivity contribution in [1.82, 2.24) is 9.97 Å². The number of nitrogens with zero attached hydrogens (tertiary/aromatic N) is 2. The van der Waals surface area contributed by atoms with E-state index in [2.05, 4.69) is 15.3 Å². The molecule has 26 heavy (non-hydrogen) atoms. The van der Waals surface area contributed by atoms with Gasteiger partial charge >= 0.3 is 0 Å². The Kier molecular flexibility index (Phi) is 5.23. The first-order valence-electron chi connectivity index (χ1n) is 7.92. The van der Waals surface area contributed by atoms with Crippen LogP contribution in [0.5, 0.6) is 5.75 Å². The van der Waals surface area contributed by atoms with Crippen LogP contribution in [0.2, 0.25) is 5.02 Å². The topological polar surface area (TPSA) is 73.1 Å². The predicted molar refractivity (Wildman–Crippen MR) is 102 cm³/mol. The Morgan fingerprint density at radius 3 is 2.73 bits per heavy atom. The van der Waals surface area contributed by atoms with Gasteiger partial charge in [-0.25, -0.2) is 9.37 Å². The molecule has 0 amide bonds. The number of anilines is 3. The summed E-state index contributed by atoms with van der Waals surface area (Å²) in [6.07, 6.45) is 5.63. The average Bonchev–Trinajstić information content (AvgIpc) is 2.61. The molecule has 0 spiro atoms. The summed E-state index contributed by atoms with van der Waals surface area (Å²) in [5, 5.41) is 3.42. The van der Waals surface area contributed by atoms with Gasteiger partial charge in [0.2, 0.25) is 0 Å². The fraction of sp³-hybridized carbons (Fsp3) is 0.158. The van der Waals surface area contributed by atoms with Crippen LogP contribution in [0.15, 0.2) is 42.9 Å². The number of nitrogens with two attached hydrogens (primary N) is 1. The number of rotatable bonds is 5. The van der Waals surface area contributed by atoms with Gasteiger partial charge in [-0.05, 0) is 42.3 Å². The van der Waals surface area contributed by atoms with Crippen LogP contribution in [0.25, 0.3) is 0 Å². The number of pyridine rings is 2. The molecule has 0 fully saturated rings. The Hall–Kier alpha value is -2.86. The number of hydrogen-bond donors (Lipinski definition) is 2. The van der Waals surface area contributed by atoms with E-state index in [0.717, 1.165) is 16.7 Å². The van der Waals surface area contributed by atoms with Gasteiger partial charge < -0.3 is 15.8 Å². The number of aromatic nitrogens is 2. The second kappa shape index (κ2) is 7.58. The minimum atomic E-state index is -0.425. The molecule has 3 aromatic rings. The van der Waals surface area contributed by atoms with Crippen LogP contribution >= 0.6 is 11.6 Å². The highest BCUT2D eigenvalue weighted by Gasteiger charge is 2.13. The summed E-state index contributed by atoms with van der Waals surface area (Å²) in [5.41, 5.74) is 9.74. The van der Waals surface area contributed by atoms with Crippen molar-refractivity contribution in [2.45, 2.75) is 13.3 Å². The Labute approximate surface area is 156 Å². The average molecular weight is 373 g/mol. The van der Waals surface area contributed by atoms with E-state index < -0.39 is 5.82 Å². The molecule has 0 saturated carbocycles. The van der Waals surface area contributed by atoms with E-state index in [9.17, 15) is 4.39 Å². The molecule has 3 rings (SSSR count). The van der Waals surface area contributed by atoms with E-state index in [1.54, 1.807) is 37.8 Å². The van der Waals surface area contributed by atoms with E-state index in [4.69, 9.17) is 22.1 Å². The van der Waals surface area contributed by atoms with Gasteiger partial charge in [-0.15, -0.1) is 0 Å². The molecule has 1 aromatic carbocycles. The van der Waals surface area contributed by atoms with Crippen molar-refractivity contribution in [2.24, 2.45) is 0 Å². The molecule has 0 aliphatic heterocycles. The van der Waals surface area contributed by atoms with Crippen LogP contribution < -0.4 is 15.8 Å². The standard InChI is InChI=1S/C19H18ClFN4O/c1-11-13(7-12-5-6-24-19(22)18(12)26-2)9-23-10-17(11)25-16-4-3-14(20)8-15(16)21/h3-6,8-10,25H,7H2,1-2H3,(H2,22,24). The molecule has 0 atom stereocenters. The quantitative estimate of drug-likeness (QED) is 0.689. The fourth-order valence-electron chi connectivity index (χ4n) is 2.69. The van der Waals surface area contributed by atoms with Crippen molar-refractivity contribution in [3.63, 3.8) is 0 Å². The van der Waals surface area contributed by atoms with Crippen LogP contribution in [-0.2, 0) is 6.42 Å². The molecule has 5 nitrogen and oxygen atoms in total. The number of hydrogen-bond acceptors (Lipinski definition) is 5. The first kappa shape index (κ1) is 17.9. The Morgan fingerprint density at radius 1 is 1.19 bits per heavy atom. The molecular formula is C19H18ClFN4O. The second-order valence-electron chi connectivity index (χ2n) is 5.79. The van der Waals surface area contributed by atoms with Crippen molar-refractivity contribution in [2.75, 3.05) is 18.2 Å². The predicted octanol–water partition coefficient (Wildman–Crippen LogP) is 4.50. The summed E-state index contributed by atoms with van der Waals surface area (Å²) >= 11 is 5.80. The molecule has 0 bridgehead atoms. The molecular weight excluding hydrogens is 355 g/mol. The zero-order valence-electron chi connectivity index (χ0n) is 14.4. The van der Waals surface area contributed by atoms with Gasteiger partial charge in [-0.1, -0.05) is 11.6 Å². The smallest absolute Gasteiger partial charge is 0.166 e. The molecule has 0 unspecified atom stereocenters. The molecule has 0 aliphatic rings. The number of benzene rings is 1. The van der Waals surface area contributed by atoms with Crippen LogP contribution in [-0.4, -0.2) is 17.1 Å². The summed E-state index contributed by atoms with van der Waals surface area (Å²) < 4.78 is 19.4. The first-order valence-corrected chi connectivity index (χ1v) is 8.30. The Morgan fingerprint density at radius 2 is 2.00 bits per heavy atom. The van der Waals surface area contributed by atoms with E-state index in [0.29, 0.717) is 34.4 Å². The molecule has 3 N–H and O–H groups in total. The largest absolute Gasteiger partial charge is 0.493 e. The maximum atomic E-state index is 14.1. The van der Waals surface area contributed by atoms with E-state index in [1.807, 2.05) is 13.0 Å². The fourth-order valence-corrected chi connectivity index (χ4v) is 2.85. The van der Waals surface area contributed by atoms with Crippen molar-refractivity contribution in [3.05, 3.63) is 70.4 Å². The number of nitrogens with one attached hydrogen (secondary N) is 1. The van der Waals surface area contributed by atoms with E-state index >= 15 is 0 Å². The lowest BCUT2D eigenvalue weighted by atomic mass is 10.0.